The van der Waals surface area contributed by atoms with Gasteiger partial charge in [0.2, 0.25) is 11.8 Å². The molecule has 3 N–H and O–H groups in total. The van der Waals surface area contributed by atoms with Crippen LogP contribution in [0, 0.1) is 5.82 Å². The summed E-state index contributed by atoms with van der Waals surface area (Å²) in [5.74, 6) is -5.61. The number of carboxylic acids is 1. The molecule has 0 heterocycles. The smallest absolute Gasteiger partial charge is 0.337 e. The summed E-state index contributed by atoms with van der Waals surface area (Å²) in [7, 11) is -4.17. The van der Waals surface area contributed by atoms with Gasteiger partial charge in [-0.2, -0.15) is 0 Å². The van der Waals surface area contributed by atoms with Crippen LogP contribution in [0.1, 0.15) is 10.4 Å². The number of hydrogen-bond donors (Lipinski definition) is 3. The van der Waals surface area contributed by atoms with Crippen molar-refractivity contribution in [2.75, 3.05) is 22.1 Å². The molecular weight excluding hydrogens is 487 g/mol. The van der Waals surface area contributed by atoms with Gasteiger partial charge in [-0.05, 0) is 53.6 Å². The second-order valence-electron chi connectivity index (χ2n) is 7.21. The minimum atomic E-state index is -4.17. The Kier molecular flexibility index (Phi) is 7.64. The third-order valence-electron chi connectivity index (χ3n) is 4.51. The topological polar surface area (TPSA) is 130 Å². The van der Waals surface area contributed by atoms with Crippen molar-refractivity contribution in [1.29, 1.82) is 0 Å². The molecule has 0 atom stereocenters. The van der Waals surface area contributed by atoms with Crippen LogP contribution < -0.4 is 10.6 Å². The number of nitrogens with one attached hydrogen (secondary N) is 2. The number of carbonyl (C=O) groups excluding carboxylic acids is 2. The highest BCUT2D eigenvalue weighted by molar-refractivity contribution is 7.92. The normalized spacial score (nSPS) is 11.0. The Morgan fingerprint density at radius 1 is 0.853 bits per heavy atom. The highest BCUT2D eigenvalue weighted by Gasteiger charge is 2.22. The minimum Gasteiger partial charge on any atom is -0.478 e. The van der Waals surface area contributed by atoms with Gasteiger partial charge >= 0.3 is 5.97 Å². The molecule has 3 rings (SSSR count). The van der Waals surface area contributed by atoms with Crippen molar-refractivity contribution in [3.63, 3.8) is 0 Å². The lowest BCUT2D eigenvalue weighted by Crippen LogP contribution is -2.30. The molecule has 2 amide bonds. The summed E-state index contributed by atoms with van der Waals surface area (Å²) in [6, 6.07) is 15.9. The number of aromatic carboxylic acids is 1. The van der Waals surface area contributed by atoms with Crippen molar-refractivity contribution in [3.05, 3.63) is 83.1 Å². The number of benzene rings is 3. The molecule has 3 aromatic rings. The number of halogens is 2. The van der Waals surface area contributed by atoms with Crippen molar-refractivity contribution < 1.29 is 32.3 Å². The van der Waals surface area contributed by atoms with E-state index in [1.165, 1.54) is 24.3 Å². The van der Waals surface area contributed by atoms with Crippen molar-refractivity contribution >= 4 is 50.6 Å². The molecule has 11 heteroatoms. The molecule has 0 aromatic heterocycles. The average Bonchev–Trinajstić information content (AvgIpc) is 2.74. The maximum absolute atomic E-state index is 13.1. The third kappa shape index (κ3) is 6.87. The summed E-state index contributed by atoms with van der Waals surface area (Å²) in [5.41, 5.74) is 1.26. The van der Waals surface area contributed by atoms with Crippen molar-refractivity contribution in [2.24, 2.45) is 0 Å². The van der Waals surface area contributed by atoms with E-state index in [1.807, 2.05) is 0 Å². The number of amides is 2. The van der Waals surface area contributed by atoms with E-state index in [4.69, 9.17) is 11.6 Å². The Bertz CT molecular complexity index is 1360. The molecule has 34 heavy (non-hydrogen) atoms. The van der Waals surface area contributed by atoms with Gasteiger partial charge in [-0.15, -0.1) is 0 Å². The minimum absolute atomic E-state index is 0.126. The van der Waals surface area contributed by atoms with Crippen LogP contribution in [-0.4, -0.2) is 42.8 Å². The van der Waals surface area contributed by atoms with Gasteiger partial charge in [-0.1, -0.05) is 35.9 Å². The first kappa shape index (κ1) is 24.9. The summed E-state index contributed by atoms with van der Waals surface area (Å²) < 4.78 is 37.8. The lowest BCUT2D eigenvalue weighted by atomic mass is 10.1. The number of sulfone groups is 1. The molecule has 3 aromatic carbocycles. The molecule has 0 saturated carbocycles. The first-order valence-electron chi connectivity index (χ1n) is 9.71. The lowest BCUT2D eigenvalue weighted by Gasteiger charge is -2.10. The quantitative estimate of drug-likeness (QED) is 0.427. The lowest BCUT2D eigenvalue weighted by molar-refractivity contribution is -0.114. The van der Waals surface area contributed by atoms with Crippen LogP contribution in [0.4, 0.5) is 15.8 Å². The van der Waals surface area contributed by atoms with Gasteiger partial charge in [0.15, 0.2) is 9.84 Å². The molecule has 0 aliphatic heterocycles. The molecular formula is C23H18ClFN2O6S. The zero-order valence-corrected chi connectivity index (χ0v) is 19.0. The molecule has 0 unspecified atom stereocenters. The third-order valence-corrected chi connectivity index (χ3v) is 6.15. The van der Waals surface area contributed by atoms with Gasteiger partial charge in [-0.25, -0.2) is 17.6 Å². The molecule has 0 radical (unpaired) electrons. The molecule has 0 saturated heterocycles. The van der Waals surface area contributed by atoms with Crippen LogP contribution >= 0.6 is 11.6 Å². The van der Waals surface area contributed by atoms with E-state index in [-0.39, 0.29) is 16.3 Å². The number of carboxylic acid groups (broad SMARTS) is 1. The SMILES string of the molecule is O=C(CS(=O)(=O)CC(=O)Nc1ccc(Cl)cc1C(=O)O)Nc1cccc(-c2ccc(F)cc2)c1. The van der Waals surface area contributed by atoms with Gasteiger partial charge < -0.3 is 15.7 Å². The highest BCUT2D eigenvalue weighted by atomic mass is 35.5. The first-order valence-corrected chi connectivity index (χ1v) is 11.9. The summed E-state index contributed by atoms with van der Waals surface area (Å²) in [6.07, 6.45) is 0. The Balaban J connectivity index is 1.63. The van der Waals surface area contributed by atoms with Crippen LogP contribution in [0.5, 0.6) is 0 Å². The monoisotopic (exact) mass is 504 g/mol. The number of hydrogen-bond acceptors (Lipinski definition) is 5. The van der Waals surface area contributed by atoms with Crippen molar-refractivity contribution in [2.45, 2.75) is 0 Å². The van der Waals surface area contributed by atoms with Gasteiger partial charge in [0, 0.05) is 10.7 Å². The second-order valence-corrected chi connectivity index (χ2v) is 9.71. The Labute approximate surface area is 199 Å². The van der Waals surface area contributed by atoms with E-state index in [0.29, 0.717) is 16.8 Å². The van der Waals surface area contributed by atoms with E-state index in [9.17, 15) is 32.3 Å². The number of rotatable bonds is 8. The first-order chi connectivity index (χ1) is 16.0. The summed E-state index contributed by atoms with van der Waals surface area (Å²) in [6.45, 7) is 0. The maximum Gasteiger partial charge on any atom is 0.337 e. The Morgan fingerprint density at radius 3 is 2.15 bits per heavy atom. The van der Waals surface area contributed by atoms with Crippen LogP contribution in [0.25, 0.3) is 11.1 Å². The van der Waals surface area contributed by atoms with Crippen LogP contribution in [0.15, 0.2) is 66.7 Å². The van der Waals surface area contributed by atoms with Gasteiger partial charge in [0.25, 0.3) is 0 Å². The van der Waals surface area contributed by atoms with Crippen LogP contribution in [0.2, 0.25) is 5.02 Å². The van der Waals surface area contributed by atoms with E-state index in [2.05, 4.69) is 10.6 Å². The fraction of sp³-hybridized carbons (Fsp3) is 0.0870. The number of carbonyl (C=O) groups is 3. The van der Waals surface area contributed by atoms with Crippen LogP contribution in [-0.2, 0) is 19.4 Å². The zero-order chi connectivity index (χ0) is 24.9. The molecule has 8 nitrogen and oxygen atoms in total. The average molecular weight is 505 g/mol. The van der Waals surface area contributed by atoms with Crippen molar-refractivity contribution in [3.8, 4) is 11.1 Å². The van der Waals surface area contributed by atoms with Gasteiger partial charge in [0.05, 0.1) is 11.3 Å². The van der Waals surface area contributed by atoms with Gasteiger partial charge in [-0.3, -0.25) is 9.59 Å². The van der Waals surface area contributed by atoms with Crippen molar-refractivity contribution in [1.82, 2.24) is 0 Å². The fourth-order valence-corrected chi connectivity index (χ4v) is 4.27. The highest BCUT2D eigenvalue weighted by Crippen LogP contribution is 2.23. The Morgan fingerprint density at radius 2 is 1.50 bits per heavy atom. The Hall–Kier alpha value is -3.76. The van der Waals surface area contributed by atoms with E-state index in [0.717, 1.165) is 6.07 Å². The molecule has 176 valence electrons. The second kappa shape index (κ2) is 10.4. The number of anilines is 2. The standard InChI is InChI=1S/C23H18ClFN2O6S/c24-16-6-9-20(19(11-16)23(30)31)27-22(29)13-34(32,33)12-21(28)26-18-3-1-2-15(10-18)14-4-7-17(25)8-5-14/h1-11H,12-13H2,(H,26,28)(H,27,29)(H,30,31). The molecule has 0 fully saturated rings. The summed E-state index contributed by atoms with van der Waals surface area (Å²) in [4.78, 5) is 35.7. The molecule has 0 aliphatic carbocycles. The molecule has 0 spiro atoms. The van der Waals surface area contributed by atoms with E-state index < -0.39 is 44.9 Å². The van der Waals surface area contributed by atoms with Gasteiger partial charge in [0.1, 0.15) is 17.3 Å². The predicted molar refractivity (Wildman–Crippen MR) is 126 cm³/mol. The predicted octanol–water partition coefficient (Wildman–Crippen LogP) is 3.84. The molecule has 0 aliphatic rings. The molecule has 0 bridgehead atoms. The van der Waals surface area contributed by atoms with Crippen LogP contribution in [0.3, 0.4) is 0 Å². The van der Waals surface area contributed by atoms with E-state index in [1.54, 1.807) is 36.4 Å². The fourth-order valence-electron chi connectivity index (χ4n) is 3.06. The maximum atomic E-state index is 13.1. The van der Waals surface area contributed by atoms with E-state index >= 15 is 0 Å². The largest absolute Gasteiger partial charge is 0.478 e. The summed E-state index contributed by atoms with van der Waals surface area (Å²) >= 11 is 5.75. The summed E-state index contributed by atoms with van der Waals surface area (Å²) in [5, 5.41) is 14.0. The zero-order valence-electron chi connectivity index (χ0n) is 17.4.